The zero-order valence-corrected chi connectivity index (χ0v) is 8.01. The van der Waals surface area contributed by atoms with E-state index in [1.54, 1.807) is 11.1 Å². The molecule has 0 aliphatic heterocycles. The van der Waals surface area contributed by atoms with Crippen LogP contribution in [0.15, 0.2) is 11.1 Å². The number of fused-ring (bicyclic) bond motifs is 2. The SMILES string of the molecule is O=C1CC[C@@H]2CC3=C(CCC3)[C@@H]2C1. The van der Waals surface area contributed by atoms with Crippen LogP contribution in [0.3, 0.4) is 0 Å². The lowest BCUT2D eigenvalue weighted by Gasteiger charge is -2.26. The molecule has 3 rings (SSSR count). The van der Waals surface area contributed by atoms with Crippen molar-refractivity contribution in [2.24, 2.45) is 11.8 Å². The largest absolute Gasteiger partial charge is 0.300 e. The predicted molar refractivity (Wildman–Crippen MR) is 51.3 cm³/mol. The van der Waals surface area contributed by atoms with Crippen LogP contribution in [0.2, 0.25) is 0 Å². The highest BCUT2D eigenvalue weighted by Gasteiger charge is 2.39. The van der Waals surface area contributed by atoms with Crippen LogP contribution in [0.5, 0.6) is 0 Å². The highest BCUT2D eigenvalue weighted by Crippen LogP contribution is 2.50. The maximum Gasteiger partial charge on any atom is 0.133 e. The molecule has 0 aromatic heterocycles. The lowest BCUT2D eigenvalue weighted by molar-refractivity contribution is -0.122. The molecule has 1 heteroatoms. The molecule has 0 bridgehead atoms. The Kier molecular flexibility index (Phi) is 1.61. The fraction of sp³-hybridized carbons (Fsp3) is 0.750. The van der Waals surface area contributed by atoms with Gasteiger partial charge >= 0.3 is 0 Å². The predicted octanol–water partition coefficient (Wildman–Crippen LogP) is 2.86. The van der Waals surface area contributed by atoms with Gasteiger partial charge in [0.15, 0.2) is 0 Å². The second-order valence-electron chi connectivity index (χ2n) is 4.83. The number of ketones is 1. The smallest absolute Gasteiger partial charge is 0.133 e. The van der Waals surface area contributed by atoms with Crippen LogP contribution >= 0.6 is 0 Å². The molecule has 0 aromatic carbocycles. The van der Waals surface area contributed by atoms with Crippen LogP contribution in [0.4, 0.5) is 0 Å². The van der Waals surface area contributed by atoms with Gasteiger partial charge in [-0.2, -0.15) is 0 Å². The molecule has 0 spiro atoms. The van der Waals surface area contributed by atoms with E-state index in [4.69, 9.17) is 0 Å². The first-order valence-corrected chi connectivity index (χ1v) is 5.57. The van der Waals surface area contributed by atoms with Crippen molar-refractivity contribution in [3.05, 3.63) is 11.1 Å². The van der Waals surface area contributed by atoms with Crippen molar-refractivity contribution in [3.8, 4) is 0 Å². The van der Waals surface area contributed by atoms with Crippen LogP contribution in [-0.2, 0) is 4.79 Å². The number of hydrogen-bond donors (Lipinski definition) is 0. The minimum Gasteiger partial charge on any atom is -0.300 e. The Balaban J connectivity index is 1.87. The number of rotatable bonds is 0. The molecule has 3 aliphatic carbocycles. The van der Waals surface area contributed by atoms with Crippen molar-refractivity contribution in [1.82, 2.24) is 0 Å². The quantitative estimate of drug-likeness (QED) is 0.519. The third kappa shape index (κ3) is 1.09. The van der Waals surface area contributed by atoms with Gasteiger partial charge in [-0.05, 0) is 43.9 Å². The molecular weight excluding hydrogens is 160 g/mol. The highest BCUT2D eigenvalue weighted by molar-refractivity contribution is 5.80. The van der Waals surface area contributed by atoms with Gasteiger partial charge in [0.05, 0.1) is 0 Å². The molecule has 0 amide bonds. The monoisotopic (exact) mass is 176 g/mol. The van der Waals surface area contributed by atoms with Gasteiger partial charge in [-0.3, -0.25) is 4.79 Å². The molecule has 1 saturated carbocycles. The van der Waals surface area contributed by atoms with E-state index in [1.165, 1.54) is 32.1 Å². The summed E-state index contributed by atoms with van der Waals surface area (Å²) in [6.07, 6.45) is 8.28. The molecule has 1 fully saturated rings. The number of allylic oxidation sites excluding steroid dienone is 2. The van der Waals surface area contributed by atoms with E-state index in [0.717, 1.165) is 18.8 Å². The van der Waals surface area contributed by atoms with Crippen LogP contribution < -0.4 is 0 Å². The first kappa shape index (κ1) is 7.78. The fourth-order valence-corrected chi connectivity index (χ4v) is 3.54. The molecule has 0 aromatic rings. The van der Waals surface area contributed by atoms with Crippen molar-refractivity contribution in [3.63, 3.8) is 0 Å². The van der Waals surface area contributed by atoms with Crippen molar-refractivity contribution < 1.29 is 4.79 Å². The van der Waals surface area contributed by atoms with Gasteiger partial charge < -0.3 is 0 Å². The van der Waals surface area contributed by atoms with E-state index in [1.807, 2.05) is 0 Å². The molecule has 0 N–H and O–H groups in total. The standard InChI is InChI=1S/C12H16O/c13-10-5-4-9-6-8-2-1-3-11(8)12(9)7-10/h9,12H,1-7H2/t9-,12-/m1/s1. The van der Waals surface area contributed by atoms with E-state index in [9.17, 15) is 4.79 Å². The normalized spacial score (nSPS) is 38.0. The number of carbonyl (C=O) groups excluding carboxylic acids is 1. The Labute approximate surface area is 79.2 Å². The Morgan fingerprint density at radius 3 is 2.92 bits per heavy atom. The van der Waals surface area contributed by atoms with E-state index in [-0.39, 0.29) is 0 Å². The highest BCUT2D eigenvalue weighted by atomic mass is 16.1. The topological polar surface area (TPSA) is 17.1 Å². The van der Waals surface area contributed by atoms with Gasteiger partial charge in [0.2, 0.25) is 0 Å². The lowest BCUT2D eigenvalue weighted by atomic mass is 9.77. The minimum absolute atomic E-state index is 0.516. The average Bonchev–Trinajstić information content (AvgIpc) is 2.64. The molecule has 1 nitrogen and oxygen atoms in total. The van der Waals surface area contributed by atoms with E-state index in [0.29, 0.717) is 11.7 Å². The summed E-state index contributed by atoms with van der Waals surface area (Å²) < 4.78 is 0. The van der Waals surface area contributed by atoms with Crippen molar-refractivity contribution in [1.29, 1.82) is 0 Å². The van der Waals surface area contributed by atoms with Gasteiger partial charge in [0.1, 0.15) is 5.78 Å². The Hall–Kier alpha value is -0.590. The number of hydrogen-bond acceptors (Lipinski definition) is 1. The molecule has 70 valence electrons. The molecule has 2 atom stereocenters. The summed E-state index contributed by atoms with van der Waals surface area (Å²) in [5, 5.41) is 0. The van der Waals surface area contributed by atoms with Crippen LogP contribution in [0.1, 0.15) is 44.9 Å². The Morgan fingerprint density at radius 1 is 1.08 bits per heavy atom. The van der Waals surface area contributed by atoms with Crippen LogP contribution in [-0.4, -0.2) is 5.78 Å². The van der Waals surface area contributed by atoms with Gasteiger partial charge in [-0.15, -0.1) is 0 Å². The van der Waals surface area contributed by atoms with Crippen LogP contribution in [0.25, 0.3) is 0 Å². The molecule has 0 saturated heterocycles. The van der Waals surface area contributed by atoms with Crippen molar-refractivity contribution in [2.45, 2.75) is 44.9 Å². The van der Waals surface area contributed by atoms with Crippen LogP contribution in [0, 0.1) is 11.8 Å². The van der Waals surface area contributed by atoms with E-state index in [2.05, 4.69) is 0 Å². The Morgan fingerprint density at radius 2 is 2.00 bits per heavy atom. The fourth-order valence-electron chi connectivity index (χ4n) is 3.54. The summed E-state index contributed by atoms with van der Waals surface area (Å²) in [6, 6.07) is 0. The maximum absolute atomic E-state index is 11.4. The molecule has 0 radical (unpaired) electrons. The second-order valence-corrected chi connectivity index (χ2v) is 4.83. The third-order valence-electron chi connectivity index (χ3n) is 4.15. The van der Waals surface area contributed by atoms with Gasteiger partial charge in [-0.1, -0.05) is 11.1 Å². The van der Waals surface area contributed by atoms with Gasteiger partial charge in [0, 0.05) is 12.8 Å². The summed E-state index contributed by atoms with van der Waals surface area (Å²) in [7, 11) is 0. The molecule has 3 aliphatic rings. The summed E-state index contributed by atoms with van der Waals surface area (Å²) in [6.45, 7) is 0. The number of Topliss-reactive ketones (excluding diaryl/α,β-unsaturated/α-hetero) is 1. The first-order valence-electron chi connectivity index (χ1n) is 5.57. The second kappa shape index (κ2) is 2.70. The van der Waals surface area contributed by atoms with Gasteiger partial charge in [-0.25, -0.2) is 0 Å². The first-order chi connectivity index (χ1) is 6.34. The van der Waals surface area contributed by atoms with Crippen molar-refractivity contribution >= 4 is 5.78 Å². The summed E-state index contributed by atoms with van der Waals surface area (Å²) >= 11 is 0. The minimum atomic E-state index is 0.516. The number of carbonyl (C=O) groups is 1. The Bertz CT molecular complexity index is 287. The maximum atomic E-state index is 11.4. The summed E-state index contributed by atoms with van der Waals surface area (Å²) in [4.78, 5) is 11.4. The zero-order chi connectivity index (χ0) is 8.84. The summed E-state index contributed by atoms with van der Waals surface area (Å²) in [5.74, 6) is 2.07. The molecule has 13 heavy (non-hydrogen) atoms. The lowest BCUT2D eigenvalue weighted by Crippen LogP contribution is -2.22. The average molecular weight is 176 g/mol. The molecule has 0 unspecified atom stereocenters. The molecule has 0 heterocycles. The summed E-state index contributed by atoms with van der Waals surface area (Å²) in [5.41, 5.74) is 3.45. The van der Waals surface area contributed by atoms with E-state index >= 15 is 0 Å². The van der Waals surface area contributed by atoms with E-state index < -0.39 is 0 Å². The van der Waals surface area contributed by atoms with Gasteiger partial charge in [0.25, 0.3) is 0 Å². The zero-order valence-electron chi connectivity index (χ0n) is 8.01. The molecular formula is C12H16O. The third-order valence-corrected chi connectivity index (χ3v) is 4.15. The van der Waals surface area contributed by atoms with Crippen molar-refractivity contribution in [2.75, 3.05) is 0 Å².